The molecule has 29 heavy (non-hydrogen) atoms. The number of Topliss-reactive ketones (excluding diaryl/α,β-unsaturated/α-hetero) is 1. The van der Waals surface area contributed by atoms with Crippen molar-refractivity contribution in [3.63, 3.8) is 0 Å². The number of ketones is 1. The summed E-state index contributed by atoms with van der Waals surface area (Å²) in [6.07, 6.45) is 3.59. The molecule has 1 heterocycles. The van der Waals surface area contributed by atoms with Crippen molar-refractivity contribution in [3.05, 3.63) is 29.3 Å². The molecule has 1 saturated carbocycles. The topological polar surface area (TPSA) is 72.9 Å². The number of benzene rings is 1. The third kappa shape index (κ3) is 3.16. The molecule has 3 aliphatic rings. The SMILES string of the molecule is COCCN1CC23CCCCC2C1C(=O)c1ccc(OS(=O)(=O)C(F)(F)F)cc13. The standard InChI is InChI=1S/C19H22F3NO5S/c1-27-9-8-23-11-18-7-3-2-4-14(18)16(23)17(24)13-6-5-12(10-15(13)18)28-29(25,26)19(20,21)22/h5-6,10,14,16H,2-4,7-9,11H2,1H3. The molecule has 0 spiro atoms. The second kappa shape index (κ2) is 6.95. The zero-order valence-corrected chi connectivity index (χ0v) is 16.7. The second-order valence-electron chi connectivity index (χ2n) is 7.97. The van der Waals surface area contributed by atoms with Crippen molar-refractivity contribution >= 4 is 15.9 Å². The van der Waals surface area contributed by atoms with E-state index in [1.54, 1.807) is 7.11 Å². The number of fused-ring (bicyclic) bond motifs is 1. The van der Waals surface area contributed by atoms with Gasteiger partial charge in [-0.3, -0.25) is 9.69 Å². The van der Waals surface area contributed by atoms with Crippen LogP contribution in [0.4, 0.5) is 13.2 Å². The molecule has 1 aromatic rings. The number of alkyl halides is 3. The lowest BCUT2D eigenvalue weighted by Crippen LogP contribution is -2.47. The lowest BCUT2D eigenvalue weighted by Gasteiger charge is -2.44. The summed E-state index contributed by atoms with van der Waals surface area (Å²) >= 11 is 0. The zero-order valence-electron chi connectivity index (χ0n) is 15.9. The maximum Gasteiger partial charge on any atom is 0.534 e. The Morgan fingerprint density at radius 3 is 2.72 bits per heavy atom. The summed E-state index contributed by atoms with van der Waals surface area (Å²) in [6, 6.07) is 3.57. The van der Waals surface area contributed by atoms with Gasteiger partial charge in [0.25, 0.3) is 0 Å². The summed E-state index contributed by atoms with van der Waals surface area (Å²) < 4.78 is 70.5. The van der Waals surface area contributed by atoms with Gasteiger partial charge in [0.2, 0.25) is 0 Å². The van der Waals surface area contributed by atoms with E-state index >= 15 is 0 Å². The van der Waals surface area contributed by atoms with Gasteiger partial charge in [0.05, 0.1) is 12.6 Å². The van der Waals surface area contributed by atoms with Crippen LogP contribution in [0.1, 0.15) is 41.6 Å². The monoisotopic (exact) mass is 433 g/mol. The molecular weight excluding hydrogens is 411 g/mol. The minimum absolute atomic E-state index is 0.0579. The Morgan fingerprint density at radius 2 is 2.03 bits per heavy atom. The molecule has 2 bridgehead atoms. The van der Waals surface area contributed by atoms with Crippen LogP contribution in [-0.4, -0.2) is 57.5 Å². The van der Waals surface area contributed by atoms with Crippen molar-refractivity contribution in [2.75, 3.05) is 26.8 Å². The largest absolute Gasteiger partial charge is 0.534 e. The van der Waals surface area contributed by atoms with E-state index in [4.69, 9.17) is 4.74 Å². The number of carbonyl (C=O) groups is 1. The number of hydrogen-bond donors (Lipinski definition) is 0. The van der Waals surface area contributed by atoms with Gasteiger partial charge in [-0.1, -0.05) is 12.8 Å². The lowest BCUT2D eigenvalue weighted by molar-refractivity contribution is -0.0500. The van der Waals surface area contributed by atoms with Crippen LogP contribution in [0.5, 0.6) is 5.75 Å². The molecule has 3 unspecified atom stereocenters. The predicted octanol–water partition coefficient (Wildman–Crippen LogP) is 2.87. The summed E-state index contributed by atoms with van der Waals surface area (Å²) in [5, 5.41) is 0. The van der Waals surface area contributed by atoms with Crippen LogP contribution >= 0.6 is 0 Å². The van der Waals surface area contributed by atoms with Crippen molar-refractivity contribution in [2.45, 2.75) is 42.6 Å². The third-order valence-corrected chi connectivity index (χ3v) is 7.47. The molecule has 0 radical (unpaired) electrons. The van der Waals surface area contributed by atoms with Crippen LogP contribution in [0, 0.1) is 5.92 Å². The van der Waals surface area contributed by atoms with Crippen molar-refractivity contribution in [1.82, 2.24) is 4.90 Å². The van der Waals surface area contributed by atoms with E-state index in [1.165, 1.54) is 12.1 Å². The average Bonchev–Trinajstić information content (AvgIpc) is 2.95. The summed E-state index contributed by atoms with van der Waals surface area (Å²) in [5.41, 5.74) is -4.84. The van der Waals surface area contributed by atoms with E-state index < -0.39 is 21.4 Å². The smallest absolute Gasteiger partial charge is 0.383 e. The van der Waals surface area contributed by atoms with Crippen LogP contribution in [0.3, 0.4) is 0 Å². The van der Waals surface area contributed by atoms with E-state index in [9.17, 15) is 26.4 Å². The summed E-state index contributed by atoms with van der Waals surface area (Å²) in [7, 11) is -4.18. The Hall–Kier alpha value is -1.65. The molecule has 0 amide bonds. The van der Waals surface area contributed by atoms with Gasteiger partial charge in [-0.05, 0) is 42.5 Å². The van der Waals surface area contributed by atoms with Gasteiger partial charge in [-0.15, -0.1) is 0 Å². The molecule has 1 aromatic carbocycles. The minimum Gasteiger partial charge on any atom is -0.383 e. The molecule has 4 rings (SSSR count). The first-order chi connectivity index (χ1) is 13.6. The molecule has 3 atom stereocenters. The van der Waals surface area contributed by atoms with Crippen molar-refractivity contribution < 1.29 is 35.3 Å². The van der Waals surface area contributed by atoms with Crippen molar-refractivity contribution in [1.29, 1.82) is 0 Å². The van der Waals surface area contributed by atoms with Gasteiger partial charge in [0, 0.05) is 31.2 Å². The number of methoxy groups -OCH3 is 1. The van der Waals surface area contributed by atoms with Gasteiger partial charge in [-0.2, -0.15) is 21.6 Å². The van der Waals surface area contributed by atoms with Gasteiger partial charge in [-0.25, -0.2) is 0 Å². The fourth-order valence-corrected chi connectivity index (χ4v) is 5.82. The molecule has 6 nitrogen and oxygen atoms in total. The summed E-state index contributed by atoms with van der Waals surface area (Å²) in [4.78, 5) is 15.3. The first kappa shape index (κ1) is 20.6. The molecule has 0 N–H and O–H groups in total. The third-order valence-electron chi connectivity index (χ3n) is 6.49. The molecule has 160 valence electrons. The minimum atomic E-state index is -5.77. The Labute approximate surface area is 167 Å². The van der Waals surface area contributed by atoms with E-state index in [2.05, 4.69) is 9.08 Å². The number of carbonyl (C=O) groups excluding carboxylic acids is 1. The number of rotatable bonds is 5. The van der Waals surface area contributed by atoms with E-state index in [0.29, 0.717) is 30.8 Å². The summed E-state index contributed by atoms with van der Waals surface area (Å²) in [6.45, 7) is 1.66. The van der Waals surface area contributed by atoms with Gasteiger partial charge < -0.3 is 8.92 Å². The van der Waals surface area contributed by atoms with Crippen LogP contribution in [0.15, 0.2) is 18.2 Å². The van der Waals surface area contributed by atoms with Crippen LogP contribution in [0.2, 0.25) is 0 Å². The van der Waals surface area contributed by atoms with E-state index in [-0.39, 0.29) is 23.2 Å². The molecular formula is C19H22F3NO5S. The average molecular weight is 433 g/mol. The first-order valence-corrected chi connectivity index (χ1v) is 10.9. The van der Waals surface area contributed by atoms with Crippen LogP contribution in [0.25, 0.3) is 0 Å². The molecule has 10 heteroatoms. The number of nitrogens with zero attached hydrogens (tertiary/aromatic N) is 1. The second-order valence-corrected chi connectivity index (χ2v) is 9.51. The maximum atomic E-state index is 13.2. The molecule has 0 aromatic heterocycles. The number of halogens is 3. The number of ether oxygens (including phenoxy) is 1. The number of hydrogen-bond acceptors (Lipinski definition) is 6. The van der Waals surface area contributed by atoms with Crippen molar-refractivity contribution in [3.8, 4) is 5.75 Å². The highest BCUT2D eigenvalue weighted by atomic mass is 32.2. The van der Waals surface area contributed by atoms with E-state index in [1.807, 2.05) is 0 Å². The predicted molar refractivity (Wildman–Crippen MR) is 97.2 cm³/mol. The van der Waals surface area contributed by atoms with Gasteiger partial charge in [0.1, 0.15) is 5.75 Å². The Bertz CT molecular complexity index is 932. The van der Waals surface area contributed by atoms with Crippen LogP contribution < -0.4 is 4.18 Å². The van der Waals surface area contributed by atoms with E-state index in [0.717, 1.165) is 31.7 Å². The lowest BCUT2D eigenvalue weighted by atomic mass is 9.58. The summed E-state index contributed by atoms with van der Waals surface area (Å²) in [5.74, 6) is -0.426. The Kier molecular flexibility index (Phi) is 4.94. The fourth-order valence-electron chi connectivity index (χ4n) is 5.37. The Balaban J connectivity index is 1.76. The van der Waals surface area contributed by atoms with Gasteiger partial charge in [0.15, 0.2) is 5.78 Å². The zero-order chi connectivity index (χ0) is 21.0. The van der Waals surface area contributed by atoms with Crippen molar-refractivity contribution in [2.24, 2.45) is 5.92 Å². The highest BCUT2D eigenvalue weighted by Crippen LogP contribution is 2.56. The fraction of sp³-hybridized carbons (Fsp3) is 0.632. The molecule has 1 saturated heterocycles. The highest BCUT2D eigenvalue weighted by Gasteiger charge is 2.60. The van der Waals surface area contributed by atoms with Gasteiger partial charge >= 0.3 is 15.6 Å². The molecule has 2 aliphatic carbocycles. The first-order valence-electron chi connectivity index (χ1n) is 9.53. The normalized spacial score (nSPS) is 29.4. The maximum absolute atomic E-state index is 13.2. The molecule has 1 aliphatic heterocycles. The Morgan fingerprint density at radius 1 is 1.28 bits per heavy atom. The highest BCUT2D eigenvalue weighted by molar-refractivity contribution is 7.88. The van der Waals surface area contributed by atoms with Crippen LogP contribution in [-0.2, 0) is 20.3 Å². The number of likely N-dealkylation sites (tertiary alicyclic amines) is 1. The quantitative estimate of drug-likeness (QED) is 0.525. The molecule has 2 fully saturated rings.